The highest BCUT2D eigenvalue weighted by atomic mass is 16.5. The van der Waals surface area contributed by atoms with Crippen LogP contribution in [-0.4, -0.2) is 50.9 Å². The Morgan fingerprint density at radius 1 is 1.33 bits per heavy atom. The first-order valence-electron chi connectivity index (χ1n) is 8.82. The van der Waals surface area contributed by atoms with Gasteiger partial charge in [0, 0.05) is 33.0 Å². The maximum Gasteiger partial charge on any atom is 0.191 e. The van der Waals surface area contributed by atoms with Crippen LogP contribution in [0, 0.1) is 5.41 Å². The number of aliphatic imine (C=N–C) groups is 1. The molecular weight excluding hydrogens is 304 g/mol. The second-order valence-electron chi connectivity index (χ2n) is 6.26. The Kier molecular flexibility index (Phi) is 7.82. The molecule has 0 radical (unpaired) electrons. The van der Waals surface area contributed by atoms with E-state index in [1.54, 1.807) is 19.5 Å². The summed E-state index contributed by atoms with van der Waals surface area (Å²) in [5.74, 6) is 1.64. The number of aromatic nitrogens is 1. The summed E-state index contributed by atoms with van der Waals surface area (Å²) in [5.41, 5.74) is 0.338. The molecule has 1 aromatic rings. The number of nitrogens with zero attached hydrogens (tertiary/aromatic N) is 2. The molecule has 6 nitrogen and oxygen atoms in total. The normalized spacial score (nSPS) is 16.3. The van der Waals surface area contributed by atoms with Crippen molar-refractivity contribution in [2.24, 2.45) is 10.4 Å². The average Bonchev–Trinajstić information content (AvgIpc) is 2.58. The molecule has 0 bridgehead atoms. The van der Waals surface area contributed by atoms with Crippen LogP contribution in [0.4, 0.5) is 0 Å². The molecule has 0 amide bonds. The van der Waals surface area contributed by atoms with Crippen molar-refractivity contribution in [3.05, 3.63) is 24.5 Å². The number of guanidine groups is 1. The quantitative estimate of drug-likeness (QED) is 0.390. The van der Waals surface area contributed by atoms with Gasteiger partial charge in [-0.2, -0.15) is 0 Å². The molecule has 0 spiro atoms. The maximum atomic E-state index is 5.64. The van der Waals surface area contributed by atoms with Crippen molar-refractivity contribution in [1.82, 2.24) is 15.6 Å². The lowest BCUT2D eigenvalue weighted by Crippen LogP contribution is -2.41. The lowest BCUT2D eigenvalue weighted by atomic mass is 9.67. The smallest absolute Gasteiger partial charge is 0.191 e. The molecule has 134 valence electrons. The Morgan fingerprint density at radius 2 is 2.21 bits per heavy atom. The van der Waals surface area contributed by atoms with E-state index in [1.807, 2.05) is 12.1 Å². The highest BCUT2D eigenvalue weighted by Gasteiger charge is 2.36. The van der Waals surface area contributed by atoms with Gasteiger partial charge in [0.25, 0.3) is 0 Å². The van der Waals surface area contributed by atoms with Gasteiger partial charge in [0.15, 0.2) is 5.96 Å². The zero-order chi connectivity index (χ0) is 17.1. The van der Waals surface area contributed by atoms with E-state index in [-0.39, 0.29) is 0 Å². The van der Waals surface area contributed by atoms with Crippen LogP contribution in [-0.2, 0) is 4.74 Å². The van der Waals surface area contributed by atoms with Crippen LogP contribution in [0.2, 0.25) is 0 Å². The van der Waals surface area contributed by atoms with Crippen molar-refractivity contribution < 1.29 is 9.47 Å². The minimum atomic E-state index is 0.338. The molecule has 1 fully saturated rings. The number of pyridine rings is 1. The van der Waals surface area contributed by atoms with Gasteiger partial charge < -0.3 is 20.1 Å². The van der Waals surface area contributed by atoms with Crippen molar-refractivity contribution >= 4 is 5.96 Å². The molecule has 1 aliphatic carbocycles. The molecule has 0 saturated heterocycles. The van der Waals surface area contributed by atoms with Crippen LogP contribution in [0.25, 0.3) is 0 Å². The lowest BCUT2D eigenvalue weighted by molar-refractivity contribution is 0.0778. The summed E-state index contributed by atoms with van der Waals surface area (Å²) in [6.45, 7) is 5.87. The van der Waals surface area contributed by atoms with E-state index in [1.165, 1.54) is 19.3 Å². The van der Waals surface area contributed by atoms with Crippen LogP contribution in [0.3, 0.4) is 0 Å². The predicted octanol–water partition coefficient (Wildman–Crippen LogP) is 2.22. The Morgan fingerprint density at radius 3 is 2.83 bits per heavy atom. The van der Waals surface area contributed by atoms with Crippen molar-refractivity contribution in [3.8, 4) is 5.75 Å². The van der Waals surface area contributed by atoms with E-state index >= 15 is 0 Å². The molecule has 0 atom stereocenters. The molecule has 0 aromatic carbocycles. The third-order valence-electron chi connectivity index (χ3n) is 4.47. The summed E-state index contributed by atoms with van der Waals surface area (Å²) in [5, 5.41) is 6.63. The van der Waals surface area contributed by atoms with Crippen LogP contribution >= 0.6 is 0 Å². The fourth-order valence-corrected chi connectivity index (χ4v) is 2.84. The average molecular weight is 334 g/mol. The lowest BCUT2D eigenvalue weighted by Gasteiger charge is -2.40. The minimum absolute atomic E-state index is 0.338. The Labute approximate surface area is 145 Å². The van der Waals surface area contributed by atoms with Gasteiger partial charge in [0.05, 0.1) is 12.7 Å². The summed E-state index contributed by atoms with van der Waals surface area (Å²) < 4.78 is 10.9. The van der Waals surface area contributed by atoms with Crippen LogP contribution < -0.4 is 15.4 Å². The van der Waals surface area contributed by atoms with Gasteiger partial charge in [0.1, 0.15) is 12.4 Å². The molecule has 2 rings (SSSR count). The fourth-order valence-electron chi connectivity index (χ4n) is 2.84. The van der Waals surface area contributed by atoms with E-state index in [4.69, 9.17) is 14.5 Å². The number of hydrogen-bond acceptors (Lipinski definition) is 4. The number of rotatable bonds is 10. The summed E-state index contributed by atoms with van der Waals surface area (Å²) in [6, 6.07) is 3.77. The second-order valence-corrected chi connectivity index (χ2v) is 6.26. The SMILES string of the molecule is CCNC(=NCC1(CCOC)CCC1)NCCOc1cccnc1. The Balaban J connectivity index is 1.75. The molecule has 1 saturated carbocycles. The zero-order valence-corrected chi connectivity index (χ0v) is 14.9. The second kappa shape index (κ2) is 10.1. The van der Waals surface area contributed by atoms with Gasteiger partial charge in [-0.1, -0.05) is 6.42 Å². The summed E-state index contributed by atoms with van der Waals surface area (Å²) in [7, 11) is 1.77. The first-order chi connectivity index (χ1) is 11.8. The topological polar surface area (TPSA) is 67.8 Å². The van der Waals surface area contributed by atoms with Gasteiger partial charge in [-0.3, -0.25) is 9.98 Å². The van der Waals surface area contributed by atoms with E-state index in [9.17, 15) is 0 Å². The Hall–Kier alpha value is -1.82. The van der Waals surface area contributed by atoms with Crippen LogP contribution in [0.5, 0.6) is 5.75 Å². The summed E-state index contributed by atoms with van der Waals surface area (Å²) >= 11 is 0. The molecule has 0 aliphatic heterocycles. The number of hydrogen-bond donors (Lipinski definition) is 2. The van der Waals surface area contributed by atoms with Crippen LogP contribution in [0.15, 0.2) is 29.5 Å². The highest BCUT2D eigenvalue weighted by Crippen LogP contribution is 2.44. The maximum absolute atomic E-state index is 5.64. The third kappa shape index (κ3) is 6.00. The van der Waals surface area contributed by atoms with Crippen molar-refractivity contribution in [1.29, 1.82) is 0 Å². The first kappa shape index (κ1) is 18.5. The van der Waals surface area contributed by atoms with E-state index in [0.29, 0.717) is 18.6 Å². The molecular formula is C18H30N4O2. The molecule has 1 aromatic heterocycles. The first-order valence-corrected chi connectivity index (χ1v) is 8.82. The number of methoxy groups -OCH3 is 1. The highest BCUT2D eigenvalue weighted by molar-refractivity contribution is 5.79. The van der Waals surface area contributed by atoms with Gasteiger partial charge in [-0.25, -0.2) is 0 Å². The molecule has 6 heteroatoms. The van der Waals surface area contributed by atoms with E-state index in [0.717, 1.165) is 37.8 Å². The van der Waals surface area contributed by atoms with Crippen LogP contribution in [0.1, 0.15) is 32.6 Å². The van der Waals surface area contributed by atoms with Gasteiger partial charge in [0.2, 0.25) is 0 Å². The fraction of sp³-hybridized carbons (Fsp3) is 0.667. The number of ether oxygens (including phenoxy) is 2. The zero-order valence-electron chi connectivity index (χ0n) is 14.9. The van der Waals surface area contributed by atoms with E-state index in [2.05, 4.69) is 22.5 Å². The van der Waals surface area contributed by atoms with Crippen molar-refractivity contribution in [2.75, 3.05) is 40.0 Å². The molecule has 24 heavy (non-hydrogen) atoms. The monoisotopic (exact) mass is 334 g/mol. The molecule has 1 heterocycles. The third-order valence-corrected chi connectivity index (χ3v) is 4.47. The Bertz CT molecular complexity index is 489. The van der Waals surface area contributed by atoms with Gasteiger partial charge >= 0.3 is 0 Å². The summed E-state index contributed by atoms with van der Waals surface area (Å²) in [6.07, 6.45) is 8.36. The standard InChI is InChI=1S/C18H30N4O2/c1-3-20-17(21-11-13-24-16-6-4-10-19-14-16)22-15-18(7-5-8-18)9-12-23-2/h4,6,10,14H,3,5,7-9,11-13,15H2,1-2H3,(H2,20,21,22). The predicted molar refractivity (Wildman–Crippen MR) is 96.5 cm³/mol. The van der Waals surface area contributed by atoms with Gasteiger partial charge in [-0.15, -0.1) is 0 Å². The molecule has 2 N–H and O–H groups in total. The van der Waals surface area contributed by atoms with Gasteiger partial charge in [-0.05, 0) is 43.7 Å². The van der Waals surface area contributed by atoms with E-state index < -0.39 is 0 Å². The molecule has 0 unspecified atom stereocenters. The largest absolute Gasteiger partial charge is 0.490 e. The van der Waals surface area contributed by atoms with Crippen molar-refractivity contribution in [3.63, 3.8) is 0 Å². The summed E-state index contributed by atoms with van der Waals surface area (Å²) in [4.78, 5) is 8.81. The molecule has 1 aliphatic rings. The number of nitrogens with one attached hydrogen (secondary N) is 2. The minimum Gasteiger partial charge on any atom is -0.490 e. The van der Waals surface area contributed by atoms with Crippen molar-refractivity contribution in [2.45, 2.75) is 32.6 Å².